The number of carbonyl (C=O) groups is 2. The van der Waals surface area contributed by atoms with Crippen molar-refractivity contribution < 1.29 is 9.59 Å². The number of rotatable bonds is 2. The maximum atomic E-state index is 13.1. The molecule has 0 aromatic heterocycles. The molecule has 0 spiro atoms. The number of nitrogens with two attached hydrogens (primary N) is 1. The minimum atomic E-state index is -0.393. The number of halogens is 2. The molecule has 4 unspecified atom stereocenters. The number of likely N-dealkylation sites (tertiary alicyclic amines) is 2. The average Bonchev–Trinajstić information content (AvgIpc) is 3.30. The molecule has 1 saturated carbocycles. The largest absolute Gasteiger partial charge is 0.340 e. The highest BCUT2D eigenvalue weighted by Gasteiger charge is 2.45. The lowest BCUT2D eigenvalue weighted by molar-refractivity contribution is -0.134. The van der Waals surface area contributed by atoms with Gasteiger partial charge in [0.25, 0.3) is 5.91 Å². The van der Waals surface area contributed by atoms with E-state index in [2.05, 4.69) is 0 Å². The molecule has 140 valence electrons. The van der Waals surface area contributed by atoms with Gasteiger partial charge in [0.1, 0.15) is 6.04 Å². The summed E-state index contributed by atoms with van der Waals surface area (Å²) in [5.74, 6) is 0.814. The quantitative estimate of drug-likeness (QED) is 0.836. The van der Waals surface area contributed by atoms with Crippen LogP contribution in [0.3, 0.4) is 0 Å². The summed E-state index contributed by atoms with van der Waals surface area (Å²) in [4.78, 5) is 29.7. The van der Waals surface area contributed by atoms with E-state index >= 15 is 0 Å². The summed E-state index contributed by atoms with van der Waals surface area (Å²) in [5.41, 5.74) is 6.62. The molecule has 5 nitrogen and oxygen atoms in total. The lowest BCUT2D eigenvalue weighted by Crippen LogP contribution is -2.47. The first-order chi connectivity index (χ1) is 12.4. The van der Waals surface area contributed by atoms with Crippen molar-refractivity contribution in [2.75, 3.05) is 19.6 Å². The van der Waals surface area contributed by atoms with Crippen LogP contribution in [-0.2, 0) is 4.79 Å². The fourth-order valence-electron chi connectivity index (χ4n) is 4.81. The van der Waals surface area contributed by atoms with Crippen LogP contribution in [0.2, 0.25) is 10.0 Å². The molecule has 1 aliphatic carbocycles. The van der Waals surface area contributed by atoms with Crippen LogP contribution in [0.5, 0.6) is 0 Å². The van der Waals surface area contributed by atoms with Crippen molar-refractivity contribution in [2.45, 2.75) is 37.8 Å². The van der Waals surface area contributed by atoms with Crippen LogP contribution >= 0.6 is 23.2 Å². The first-order valence-corrected chi connectivity index (χ1v) is 10.0. The van der Waals surface area contributed by atoms with Crippen LogP contribution in [0.15, 0.2) is 18.2 Å². The fraction of sp³-hybridized carbons (Fsp3) is 0.579. The molecule has 3 aliphatic rings. The Morgan fingerprint density at radius 3 is 2.46 bits per heavy atom. The SMILES string of the molecule is NC1CCC2CN(C(=O)C3CCCN3C(=O)c3cc(Cl)cc(Cl)c3)CC12. The second-order valence-electron chi connectivity index (χ2n) is 7.72. The van der Waals surface area contributed by atoms with E-state index in [1.807, 2.05) is 4.90 Å². The number of amides is 2. The van der Waals surface area contributed by atoms with Crippen molar-refractivity contribution in [1.82, 2.24) is 9.80 Å². The van der Waals surface area contributed by atoms with E-state index < -0.39 is 6.04 Å². The van der Waals surface area contributed by atoms with Gasteiger partial charge >= 0.3 is 0 Å². The summed E-state index contributed by atoms with van der Waals surface area (Å²) in [7, 11) is 0. The molecule has 0 radical (unpaired) electrons. The van der Waals surface area contributed by atoms with Crippen molar-refractivity contribution in [1.29, 1.82) is 0 Å². The number of benzene rings is 1. The van der Waals surface area contributed by atoms with E-state index in [-0.39, 0.29) is 17.9 Å². The molecule has 4 rings (SSSR count). The second-order valence-corrected chi connectivity index (χ2v) is 8.60. The second kappa shape index (κ2) is 7.02. The van der Waals surface area contributed by atoms with Crippen molar-refractivity contribution in [3.63, 3.8) is 0 Å². The maximum absolute atomic E-state index is 13.1. The van der Waals surface area contributed by atoms with Gasteiger partial charge in [-0.15, -0.1) is 0 Å². The molecule has 7 heteroatoms. The standard InChI is InChI=1S/C19H23Cl2N3O2/c20-13-6-12(7-14(21)8-13)18(25)24-5-1-2-17(24)19(26)23-9-11-3-4-16(22)15(11)10-23/h6-8,11,15-17H,1-5,9-10,22H2. The normalized spacial score (nSPS) is 30.7. The van der Waals surface area contributed by atoms with Crippen molar-refractivity contribution in [3.05, 3.63) is 33.8 Å². The molecule has 4 atom stereocenters. The molecular weight excluding hydrogens is 373 g/mol. The summed E-state index contributed by atoms with van der Waals surface area (Å²) < 4.78 is 0. The van der Waals surface area contributed by atoms with Gasteiger partial charge in [0.05, 0.1) is 0 Å². The molecule has 2 heterocycles. The summed E-state index contributed by atoms with van der Waals surface area (Å²) in [6, 6.07) is 4.62. The lowest BCUT2D eigenvalue weighted by atomic mass is 9.98. The smallest absolute Gasteiger partial charge is 0.254 e. The third kappa shape index (κ3) is 3.21. The van der Waals surface area contributed by atoms with Crippen LogP contribution in [0, 0.1) is 11.8 Å². The predicted octanol–water partition coefficient (Wildman–Crippen LogP) is 2.79. The van der Waals surface area contributed by atoms with Gasteiger partial charge in [-0.1, -0.05) is 23.2 Å². The van der Waals surface area contributed by atoms with E-state index in [9.17, 15) is 9.59 Å². The molecule has 1 aromatic carbocycles. The Balaban J connectivity index is 1.49. The maximum Gasteiger partial charge on any atom is 0.254 e. The van der Waals surface area contributed by atoms with Gasteiger partial charge in [-0.05, 0) is 55.7 Å². The fourth-order valence-corrected chi connectivity index (χ4v) is 5.33. The van der Waals surface area contributed by atoms with Gasteiger partial charge in [-0.3, -0.25) is 9.59 Å². The molecule has 2 amide bonds. The minimum absolute atomic E-state index is 0.0607. The van der Waals surface area contributed by atoms with Crippen LogP contribution in [-0.4, -0.2) is 53.3 Å². The Labute approximate surface area is 163 Å². The van der Waals surface area contributed by atoms with Crippen molar-refractivity contribution >= 4 is 35.0 Å². The van der Waals surface area contributed by atoms with Crippen LogP contribution < -0.4 is 5.73 Å². The predicted molar refractivity (Wildman–Crippen MR) is 101 cm³/mol. The summed E-state index contributed by atoms with van der Waals surface area (Å²) in [6.45, 7) is 2.09. The number of fused-ring (bicyclic) bond motifs is 1. The zero-order chi connectivity index (χ0) is 18.4. The molecule has 26 heavy (non-hydrogen) atoms. The van der Waals surface area contributed by atoms with Gasteiger partial charge in [0, 0.05) is 41.3 Å². The Bertz CT molecular complexity index is 721. The van der Waals surface area contributed by atoms with E-state index in [0.29, 0.717) is 40.4 Å². The van der Waals surface area contributed by atoms with Crippen LogP contribution in [0.1, 0.15) is 36.0 Å². The molecule has 2 N–H and O–H groups in total. The van der Waals surface area contributed by atoms with Crippen LogP contribution in [0.4, 0.5) is 0 Å². The van der Waals surface area contributed by atoms with Crippen LogP contribution in [0.25, 0.3) is 0 Å². The van der Waals surface area contributed by atoms with Gasteiger partial charge in [0.15, 0.2) is 0 Å². The first-order valence-electron chi connectivity index (χ1n) is 9.25. The van der Waals surface area contributed by atoms with Gasteiger partial charge in [0.2, 0.25) is 5.91 Å². The Kier molecular flexibility index (Phi) is 4.88. The van der Waals surface area contributed by atoms with Gasteiger partial charge in [-0.25, -0.2) is 0 Å². The van der Waals surface area contributed by atoms with E-state index in [0.717, 1.165) is 32.4 Å². The molecule has 0 bridgehead atoms. The lowest BCUT2D eigenvalue weighted by Gasteiger charge is -2.28. The summed E-state index contributed by atoms with van der Waals surface area (Å²) in [6.07, 6.45) is 3.69. The monoisotopic (exact) mass is 395 g/mol. The number of carbonyl (C=O) groups excluding carboxylic acids is 2. The average molecular weight is 396 g/mol. The molecule has 2 aliphatic heterocycles. The molecule has 3 fully saturated rings. The minimum Gasteiger partial charge on any atom is -0.340 e. The highest BCUT2D eigenvalue weighted by atomic mass is 35.5. The number of hydrogen-bond acceptors (Lipinski definition) is 3. The van der Waals surface area contributed by atoms with Gasteiger partial charge < -0.3 is 15.5 Å². The number of nitrogens with zero attached hydrogens (tertiary/aromatic N) is 2. The summed E-state index contributed by atoms with van der Waals surface area (Å²) >= 11 is 12.1. The van der Waals surface area contributed by atoms with Crippen molar-refractivity contribution in [2.24, 2.45) is 17.6 Å². The third-order valence-electron chi connectivity index (χ3n) is 6.13. The highest BCUT2D eigenvalue weighted by Crippen LogP contribution is 2.38. The molecular formula is C19H23Cl2N3O2. The van der Waals surface area contributed by atoms with Gasteiger partial charge in [-0.2, -0.15) is 0 Å². The number of hydrogen-bond donors (Lipinski definition) is 1. The topological polar surface area (TPSA) is 66.6 Å². The Morgan fingerprint density at radius 2 is 1.77 bits per heavy atom. The molecule has 2 saturated heterocycles. The zero-order valence-electron chi connectivity index (χ0n) is 14.5. The Morgan fingerprint density at radius 1 is 1.04 bits per heavy atom. The third-order valence-corrected chi connectivity index (χ3v) is 6.57. The zero-order valence-corrected chi connectivity index (χ0v) is 16.0. The highest BCUT2D eigenvalue weighted by molar-refractivity contribution is 6.35. The molecule has 1 aromatic rings. The summed E-state index contributed by atoms with van der Waals surface area (Å²) in [5, 5.41) is 0.841. The Hall–Kier alpha value is -1.30. The van der Waals surface area contributed by atoms with Crippen molar-refractivity contribution in [3.8, 4) is 0 Å². The van der Waals surface area contributed by atoms with E-state index in [4.69, 9.17) is 28.9 Å². The van der Waals surface area contributed by atoms with E-state index in [1.165, 1.54) is 0 Å². The van der Waals surface area contributed by atoms with E-state index in [1.54, 1.807) is 23.1 Å². The first kappa shape index (κ1) is 18.1.